The van der Waals surface area contributed by atoms with E-state index in [0.29, 0.717) is 12.1 Å². The van der Waals surface area contributed by atoms with E-state index in [4.69, 9.17) is 0 Å². The maximum absolute atomic E-state index is 9.93. The third kappa shape index (κ3) is 4.43. The molecule has 2 N–H and O–H groups in total. The predicted octanol–water partition coefficient (Wildman–Crippen LogP) is 3.17. The van der Waals surface area contributed by atoms with E-state index in [1.54, 1.807) is 0 Å². The highest BCUT2D eigenvalue weighted by Gasteiger charge is 2.42. The lowest BCUT2D eigenvalue weighted by Gasteiger charge is -2.38. The Morgan fingerprint density at radius 1 is 1.10 bits per heavy atom. The second-order valence-corrected chi connectivity index (χ2v) is 8.16. The quantitative estimate of drug-likeness (QED) is 0.757. The second-order valence-electron chi connectivity index (χ2n) is 8.16. The number of nitrogens with one attached hydrogen (secondary N) is 1. The van der Waals surface area contributed by atoms with Crippen molar-refractivity contribution < 1.29 is 5.11 Å². The summed E-state index contributed by atoms with van der Waals surface area (Å²) < 4.78 is 0. The predicted molar refractivity (Wildman–Crippen MR) is 89.5 cm³/mol. The van der Waals surface area contributed by atoms with Crippen LogP contribution in [0.4, 0.5) is 0 Å². The molecule has 2 rings (SSSR count). The summed E-state index contributed by atoms with van der Waals surface area (Å²) in [7, 11) is 0. The Kier molecular flexibility index (Phi) is 6.10. The molecule has 21 heavy (non-hydrogen) atoms. The number of aliphatic hydroxyl groups is 1. The average molecular weight is 296 g/mol. The highest BCUT2D eigenvalue weighted by Crippen LogP contribution is 2.37. The lowest BCUT2D eigenvalue weighted by Crippen LogP contribution is -2.51. The molecule has 2 fully saturated rings. The molecule has 0 radical (unpaired) electrons. The van der Waals surface area contributed by atoms with E-state index in [1.165, 1.54) is 38.6 Å². The molecule has 3 nitrogen and oxygen atoms in total. The van der Waals surface area contributed by atoms with Gasteiger partial charge in [-0.15, -0.1) is 0 Å². The van der Waals surface area contributed by atoms with Gasteiger partial charge in [-0.05, 0) is 38.0 Å². The van der Waals surface area contributed by atoms with Crippen LogP contribution in [-0.4, -0.2) is 46.8 Å². The monoisotopic (exact) mass is 296 g/mol. The van der Waals surface area contributed by atoms with Crippen LogP contribution in [0, 0.1) is 5.92 Å². The molecule has 124 valence electrons. The maximum Gasteiger partial charge on any atom is 0.0614 e. The van der Waals surface area contributed by atoms with Crippen molar-refractivity contribution in [2.45, 2.75) is 96.3 Å². The minimum absolute atomic E-state index is 0.0351. The Morgan fingerprint density at radius 3 is 2.29 bits per heavy atom. The Balaban J connectivity index is 2.03. The van der Waals surface area contributed by atoms with Gasteiger partial charge in [-0.3, -0.25) is 4.90 Å². The lowest BCUT2D eigenvalue weighted by molar-refractivity contribution is 0.100. The highest BCUT2D eigenvalue weighted by atomic mass is 16.3. The minimum atomic E-state index is -0.0351. The first-order chi connectivity index (χ1) is 9.96. The van der Waals surface area contributed by atoms with Crippen molar-refractivity contribution in [2.24, 2.45) is 5.92 Å². The van der Waals surface area contributed by atoms with Crippen LogP contribution in [0.3, 0.4) is 0 Å². The molecule has 0 heterocycles. The van der Waals surface area contributed by atoms with E-state index in [9.17, 15) is 5.11 Å². The third-order valence-corrected chi connectivity index (χ3v) is 5.32. The number of hydrogen-bond donors (Lipinski definition) is 2. The summed E-state index contributed by atoms with van der Waals surface area (Å²) >= 11 is 0. The zero-order valence-electron chi connectivity index (χ0n) is 14.6. The van der Waals surface area contributed by atoms with Crippen LogP contribution in [0.2, 0.25) is 0 Å². The molecule has 0 saturated heterocycles. The first kappa shape index (κ1) is 17.2. The van der Waals surface area contributed by atoms with Crippen molar-refractivity contribution in [1.29, 1.82) is 0 Å². The first-order valence-electron chi connectivity index (χ1n) is 9.10. The molecule has 3 heteroatoms. The van der Waals surface area contributed by atoms with Crippen LogP contribution >= 0.6 is 0 Å². The molecule has 0 aromatic heterocycles. The lowest BCUT2D eigenvalue weighted by atomic mass is 9.96. The fourth-order valence-electron chi connectivity index (χ4n) is 4.57. The van der Waals surface area contributed by atoms with Crippen LogP contribution < -0.4 is 5.32 Å². The SMILES string of the molecule is CC(C)CN(C1CCCC1)C1CCC(CO)(NC(C)C)C1. The summed E-state index contributed by atoms with van der Waals surface area (Å²) in [6.07, 6.45) is 9.05. The normalized spacial score (nSPS) is 31.1. The van der Waals surface area contributed by atoms with E-state index in [0.717, 1.165) is 24.8 Å². The van der Waals surface area contributed by atoms with Crippen molar-refractivity contribution in [3.05, 3.63) is 0 Å². The highest BCUT2D eigenvalue weighted by molar-refractivity contribution is 5.01. The van der Waals surface area contributed by atoms with E-state index < -0.39 is 0 Å². The van der Waals surface area contributed by atoms with Gasteiger partial charge in [-0.2, -0.15) is 0 Å². The molecular formula is C18H36N2O. The van der Waals surface area contributed by atoms with Crippen LogP contribution in [0.1, 0.15) is 72.6 Å². The number of nitrogens with zero attached hydrogens (tertiary/aromatic N) is 1. The zero-order valence-corrected chi connectivity index (χ0v) is 14.6. The van der Waals surface area contributed by atoms with Crippen molar-refractivity contribution >= 4 is 0 Å². The van der Waals surface area contributed by atoms with Crippen LogP contribution in [0.25, 0.3) is 0 Å². The fourth-order valence-corrected chi connectivity index (χ4v) is 4.57. The summed E-state index contributed by atoms with van der Waals surface area (Å²) in [4.78, 5) is 2.80. The molecular weight excluding hydrogens is 260 g/mol. The van der Waals surface area contributed by atoms with Gasteiger partial charge in [0.15, 0.2) is 0 Å². The largest absolute Gasteiger partial charge is 0.394 e. The van der Waals surface area contributed by atoms with Gasteiger partial charge in [0.1, 0.15) is 0 Å². The molecule has 2 atom stereocenters. The molecule has 0 amide bonds. The molecule has 2 aliphatic rings. The topological polar surface area (TPSA) is 35.5 Å². The minimum Gasteiger partial charge on any atom is -0.394 e. The molecule has 2 saturated carbocycles. The van der Waals surface area contributed by atoms with Crippen LogP contribution in [0.5, 0.6) is 0 Å². The number of aliphatic hydroxyl groups excluding tert-OH is 1. The van der Waals surface area contributed by atoms with Crippen molar-refractivity contribution in [3.63, 3.8) is 0 Å². The summed E-state index contributed by atoms with van der Waals surface area (Å²) in [5.41, 5.74) is -0.0351. The second kappa shape index (κ2) is 7.43. The summed E-state index contributed by atoms with van der Waals surface area (Å²) in [6, 6.07) is 1.90. The van der Waals surface area contributed by atoms with Gasteiger partial charge < -0.3 is 10.4 Å². The molecule has 0 bridgehead atoms. The molecule has 2 unspecified atom stereocenters. The maximum atomic E-state index is 9.93. The first-order valence-corrected chi connectivity index (χ1v) is 9.10. The standard InChI is InChI=1S/C18H36N2O/c1-14(2)12-20(16-7-5-6-8-16)17-9-10-18(11-17,13-21)19-15(3)4/h14-17,19,21H,5-13H2,1-4H3. The molecule has 0 aliphatic heterocycles. The zero-order chi connectivity index (χ0) is 15.5. The summed E-state index contributed by atoms with van der Waals surface area (Å²) in [5, 5.41) is 13.6. The Labute approximate surface area is 131 Å². The van der Waals surface area contributed by atoms with Crippen molar-refractivity contribution in [3.8, 4) is 0 Å². The third-order valence-electron chi connectivity index (χ3n) is 5.32. The van der Waals surface area contributed by atoms with Crippen molar-refractivity contribution in [2.75, 3.05) is 13.2 Å². The van der Waals surface area contributed by atoms with Crippen LogP contribution in [-0.2, 0) is 0 Å². The Hall–Kier alpha value is -0.120. The van der Waals surface area contributed by atoms with Gasteiger partial charge in [0.05, 0.1) is 6.61 Å². The summed E-state index contributed by atoms with van der Waals surface area (Å²) in [5.74, 6) is 0.729. The number of rotatable bonds is 7. The van der Waals surface area contributed by atoms with E-state index in [1.807, 2.05) is 0 Å². The van der Waals surface area contributed by atoms with Gasteiger partial charge in [-0.25, -0.2) is 0 Å². The molecule has 0 aromatic carbocycles. The molecule has 2 aliphatic carbocycles. The van der Waals surface area contributed by atoms with E-state index in [-0.39, 0.29) is 12.1 Å². The van der Waals surface area contributed by atoms with Gasteiger partial charge >= 0.3 is 0 Å². The smallest absolute Gasteiger partial charge is 0.0614 e. The summed E-state index contributed by atoms with van der Waals surface area (Å²) in [6.45, 7) is 10.5. The fraction of sp³-hybridized carbons (Fsp3) is 1.00. The van der Waals surface area contributed by atoms with E-state index >= 15 is 0 Å². The van der Waals surface area contributed by atoms with E-state index in [2.05, 4.69) is 37.9 Å². The Bertz CT molecular complexity index is 312. The van der Waals surface area contributed by atoms with Gasteiger partial charge in [0, 0.05) is 30.2 Å². The van der Waals surface area contributed by atoms with Crippen LogP contribution in [0.15, 0.2) is 0 Å². The average Bonchev–Trinajstić information content (AvgIpc) is 3.05. The van der Waals surface area contributed by atoms with Gasteiger partial charge in [0.2, 0.25) is 0 Å². The van der Waals surface area contributed by atoms with Gasteiger partial charge in [-0.1, -0.05) is 40.5 Å². The van der Waals surface area contributed by atoms with Crippen molar-refractivity contribution in [1.82, 2.24) is 10.2 Å². The van der Waals surface area contributed by atoms with Gasteiger partial charge in [0.25, 0.3) is 0 Å². The molecule has 0 aromatic rings. The number of hydrogen-bond acceptors (Lipinski definition) is 3. The molecule has 0 spiro atoms. The Morgan fingerprint density at radius 2 is 1.76 bits per heavy atom.